The molecule has 0 amide bonds. The summed E-state index contributed by atoms with van der Waals surface area (Å²) < 4.78 is 10.7. The van der Waals surface area contributed by atoms with E-state index in [1.54, 1.807) is 6.07 Å². The molecular formula is C22H21N2O4+. The maximum absolute atomic E-state index is 11.5. The van der Waals surface area contributed by atoms with Crippen LogP contribution in [0.15, 0.2) is 72.8 Å². The molecule has 0 fully saturated rings. The van der Waals surface area contributed by atoms with Gasteiger partial charge in [0.25, 0.3) is 5.69 Å². The zero-order valence-corrected chi connectivity index (χ0v) is 15.3. The van der Waals surface area contributed by atoms with Crippen LogP contribution in [0.4, 0.5) is 5.69 Å². The first-order chi connectivity index (χ1) is 13.7. The van der Waals surface area contributed by atoms with Gasteiger partial charge < -0.3 is 14.8 Å². The summed E-state index contributed by atoms with van der Waals surface area (Å²) in [6.07, 6.45) is 0.837. The summed E-state index contributed by atoms with van der Waals surface area (Å²) in [4.78, 5) is 11.2. The highest BCUT2D eigenvalue weighted by Gasteiger charge is 2.25. The molecule has 3 aromatic carbocycles. The summed E-state index contributed by atoms with van der Waals surface area (Å²) in [7, 11) is 0. The first-order valence-electron chi connectivity index (χ1n) is 9.20. The van der Waals surface area contributed by atoms with E-state index in [0.717, 1.165) is 6.42 Å². The zero-order valence-electron chi connectivity index (χ0n) is 15.3. The maximum Gasteiger partial charge on any atom is 0.282 e. The Morgan fingerprint density at radius 2 is 1.61 bits per heavy atom. The Morgan fingerprint density at radius 3 is 2.29 bits per heavy atom. The lowest BCUT2D eigenvalue weighted by atomic mass is 9.98. The van der Waals surface area contributed by atoms with Gasteiger partial charge in [0.1, 0.15) is 12.6 Å². The van der Waals surface area contributed by atoms with E-state index in [2.05, 4.69) is 29.6 Å². The Bertz CT molecular complexity index is 961. The first-order valence-corrected chi connectivity index (χ1v) is 9.20. The van der Waals surface area contributed by atoms with Gasteiger partial charge in [-0.3, -0.25) is 10.1 Å². The van der Waals surface area contributed by atoms with Gasteiger partial charge >= 0.3 is 0 Å². The molecule has 6 nitrogen and oxygen atoms in total. The molecule has 1 aliphatic rings. The molecule has 28 heavy (non-hydrogen) atoms. The summed E-state index contributed by atoms with van der Waals surface area (Å²) >= 11 is 0. The largest absolute Gasteiger partial charge is 0.454 e. The SMILES string of the molecule is O=[N+]([O-])c1cc2c(cc1C[NH2+][C@H](Cc1ccccc1)c1ccccc1)OCO2. The van der Waals surface area contributed by atoms with Crippen LogP contribution in [-0.2, 0) is 13.0 Å². The molecule has 142 valence electrons. The minimum atomic E-state index is -0.361. The van der Waals surface area contributed by atoms with Crippen molar-refractivity contribution in [1.82, 2.24) is 0 Å². The third kappa shape index (κ3) is 3.97. The molecule has 0 saturated carbocycles. The number of ether oxygens (including phenoxy) is 2. The minimum absolute atomic E-state index is 0.0621. The van der Waals surface area contributed by atoms with Gasteiger partial charge in [-0.05, 0) is 11.6 Å². The normalized spacial score (nSPS) is 13.3. The number of fused-ring (bicyclic) bond motifs is 1. The van der Waals surface area contributed by atoms with Gasteiger partial charge in [0, 0.05) is 12.0 Å². The van der Waals surface area contributed by atoms with Crippen molar-refractivity contribution in [1.29, 1.82) is 0 Å². The number of rotatable bonds is 7. The molecule has 3 aromatic rings. The Labute approximate surface area is 162 Å². The molecule has 0 unspecified atom stereocenters. The van der Waals surface area contributed by atoms with E-state index in [4.69, 9.17) is 9.47 Å². The van der Waals surface area contributed by atoms with Crippen molar-refractivity contribution in [3.63, 3.8) is 0 Å². The Morgan fingerprint density at radius 1 is 0.964 bits per heavy atom. The van der Waals surface area contributed by atoms with E-state index in [1.807, 2.05) is 36.4 Å². The second-order valence-electron chi connectivity index (χ2n) is 6.74. The second kappa shape index (κ2) is 8.10. The standard InChI is InChI=1S/C22H20N2O4/c25-24(26)20-13-22-21(27-15-28-22)12-18(20)14-23-19(17-9-5-2-6-10-17)11-16-7-3-1-4-8-16/h1-10,12-13,19,23H,11,14-15H2/p+1/t19-/m1/s1. The van der Waals surface area contributed by atoms with Crippen LogP contribution in [0.1, 0.15) is 22.7 Å². The van der Waals surface area contributed by atoms with Crippen molar-refractivity contribution >= 4 is 5.69 Å². The molecule has 1 heterocycles. The zero-order chi connectivity index (χ0) is 19.3. The summed E-state index contributed by atoms with van der Waals surface area (Å²) in [6, 6.07) is 23.8. The predicted octanol–water partition coefficient (Wildman–Crippen LogP) is 3.37. The summed E-state index contributed by atoms with van der Waals surface area (Å²) in [5, 5.41) is 13.7. The molecule has 0 saturated heterocycles. The van der Waals surface area contributed by atoms with Crippen LogP contribution in [0.5, 0.6) is 11.5 Å². The monoisotopic (exact) mass is 377 g/mol. The number of nitrogens with two attached hydrogens (primary N) is 1. The van der Waals surface area contributed by atoms with E-state index in [0.29, 0.717) is 23.6 Å². The molecule has 0 bridgehead atoms. The number of hydrogen-bond acceptors (Lipinski definition) is 4. The van der Waals surface area contributed by atoms with Gasteiger partial charge in [-0.2, -0.15) is 0 Å². The highest BCUT2D eigenvalue weighted by molar-refractivity contribution is 5.54. The van der Waals surface area contributed by atoms with E-state index in [1.165, 1.54) is 17.2 Å². The van der Waals surface area contributed by atoms with E-state index >= 15 is 0 Å². The Balaban J connectivity index is 1.59. The number of nitro groups is 1. The lowest BCUT2D eigenvalue weighted by Gasteiger charge is -2.17. The Hall–Kier alpha value is -3.38. The average Bonchev–Trinajstić information content (AvgIpc) is 3.19. The van der Waals surface area contributed by atoms with E-state index in [9.17, 15) is 10.1 Å². The molecule has 1 aliphatic heterocycles. The third-order valence-electron chi connectivity index (χ3n) is 4.92. The molecule has 0 spiro atoms. The molecule has 1 atom stereocenters. The molecule has 4 rings (SSSR count). The van der Waals surface area contributed by atoms with Gasteiger partial charge in [-0.15, -0.1) is 0 Å². The highest BCUT2D eigenvalue weighted by Crippen LogP contribution is 2.37. The fraction of sp³-hybridized carbons (Fsp3) is 0.182. The van der Waals surface area contributed by atoms with Crippen molar-refractivity contribution < 1.29 is 19.7 Å². The maximum atomic E-state index is 11.5. The molecular weight excluding hydrogens is 356 g/mol. The highest BCUT2D eigenvalue weighted by atomic mass is 16.7. The second-order valence-corrected chi connectivity index (χ2v) is 6.74. The first kappa shape index (κ1) is 18.0. The van der Waals surface area contributed by atoms with Crippen LogP contribution in [0, 0.1) is 10.1 Å². The van der Waals surface area contributed by atoms with Crippen molar-refractivity contribution in [3.8, 4) is 11.5 Å². The van der Waals surface area contributed by atoms with Crippen molar-refractivity contribution in [3.05, 3.63) is 99.6 Å². The smallest absolute Gasteiger partial charge is 0.282 e. The van der Waals surface area contributed by atoms with Gasteiger partial charge in [0.15, 0.2) is 11.5 Å². The number of hydrogen-bond donors (Lipinski definition) is 1. The van der Waals surface area contributed by atoms with Crippen LogP contribution in [-0.4, -0.2) is 11.7 Å². The van der Waals surface area contributed by atoms with Gasteiger partial charge in [0.2, 0.25) is 6.79 Å². The van der Waals surface area contributed by atoms with Crippen LogP contribution >= 0.6 is 0 Å². The van der Waals surface area contributed by atoms with Crippen LogP contribution in [0.2, 0.25) is 0 Å². The van der Waals surface area contributed by atoms with Crippen molar-refractivity contribution in [2.75, 3.05) is 6.79 Å². The number of benzene rings is 3. The summed E-state index contributed by atoms with van der Waals surface area (Å²) in [5.74, 6) is 0.993. The van der Waals surface area contributed by atoms with Gasteiger partial charge in [-0.25, -0.2) is 0 Å². The average molecular weight is 377 g/mol. The Kier molecular flexibility index (Phi) is 5.21. The van der Waals surface area contributed by atoms with E-state index < -0.39 is 0 Å². The van der Waals surface area contributed by atoms with E-state index in [-0.39, 0.29) is 23.4 Å². The molecule has 6 heteroatoms. The minimum Gasteiger partial charge on any atom is -0.454 e. The lowest BCUT2D eigenvalue weighted by Crippen LogP contribution is -2.84. The summed E-state index contributed by atoms with van der Waals surface area (Å²) in [6.45, 7) is 0.569. The van der Waals surface area contributed by atoms with Gasteiger partial charge in [0.05, 0.1) is 16.6 Å². The topological polar surface area (TPSA) is 78.2 Å². The fourth-order valence-electron chi connectivity index (χ4n) is 3.48. The lowest BCUT2D eigenvalue weighted by molar-refractivity contribution is -0.711. The molecule has 2 N–H and O–H groups in total. The van der Waals surface area contributed by atoms with Gasteiger partial charge in [-0.1, -0.05) is 60.7 Å². The van der Waals surface area contributed by atoms with Crippen LogP contribution in [0.3, 0.4) is 0 Å². The van der Waals surface area contributed by atoms with Crippen molar-refractivity contribution in [2.24, 2.45) is 0 Å². The number of nitrogens with zero attached hydrogens (tertiary/aromatic N) is 1. The van der Waals surface area contributed by atoms with Crippen LogP contribution in [0.25, 0.3) is 0 Å². The predicted molar refractivity (Wildman–Crippen MR) is 104 cm³/mol. The van der Waals surface area contributed by atoms with Crippen molar-refractivity contribution in [2.45, 2.75) is 19.0 Å². The summed E-state index contributed by atoms with van der Waals surface area (Å²) in [5.41, 5.74) is 3.11. The molecule has 0 radical (unpaired) electrons. The quantitative estimate of drug-likeness (QED) is 0.506. The number of nitro benzene ring substituents is 1. The molecule has 0 aromatic heterocycles. The fourth-order valence-corrected chi connectivity index (χ4v) is 3.48. The molecule has 0 aliphatic carbocycles. The number of quaternary nitrogens is 1. The van der Waals surface area contributed by atoms with Crippen LogP contribution < -0.4 is 14.8 Å². The third-order valence-corrected chi connectivity index (χ3v) is 4.92.